The maximum atomic E-state index is 12.6. The van der Waals surface area contributed by atoms with E-state index in [-0.39, 0.29) is 22.1 Å². The van der Waals surface area contributed by atoms with Crippen molar-refractivity contribution in [2.45, 2.75) is 17.5 Å². The second kappa shape index (κ2) is 6.57. The lowest BCUT2D eigenvalue weighted by molar-refractivity contribution is -0.117. The highest BCUT2D eigenvalue weighted by molar-refractivity contribution is 8.01. The Morgan fingerprint density at radius 1 is 1.21 bits per heavy atom. The molecule has 24 heavy (non-hydrogen) atoms. The molecule has 1 saturated heterocycles. The van der Waals surface area contributed by atoms with Gasteiger partial charge in [-0.25, -0.2) is 4.79 Å². The van der Waals surface area contributed by atoms with Crippen LogP contribution in [0.3, 0.4) is 0 Å². The Morgan fingerprint density at radius 2 is 1.92 bits per heavy atom. The van der Waals surface area contributed by atoms with Crippen molar-refractivity contribution in [1.82, 2.24) is 0 Å². The number of carbonyl (C=O) groups is 2. The quantitative estimate of drug-likeness (QED) is 0.919. The molecular formula is C18H17NO4S. The summed E-state index contributed by atoms with van der Waals surface area (Å²) in [6.45, 7) is 1.87. The first-order valence-corrected chi connectivity index (χ1v) is 8.41. The number of benzene rings is 2. The van der Waals surface area contributed by atoms with Crippen molar-refractivity contribution in [3.63, 3.8) is 0 Å². The van der Waals surface area contributed by atoms with Crippen LogP contribution < -0.4 is 9.64 Å². The minimum absolute atomic E-state index is 0.0247. The first-order valence-electron chi connectivity index (χ1n) is 7.47. The Kier molecular flexibility index (Phi) is 4.49. The molecule has 5 nitrogen and oxygen atoms in total. The number of aromatic carboxylic acids is 1. The summed E-state index contributed by atoms with van der Waals surface area (Å²) < 4.78 is 5.18. The lowest BCUT2D eigenvalue weighted by Gasteiger charge is -2.24. The zero-order valence-corrected chi connectivity index (χ0v) is 14.1. The standard InChI is InChI=1S/C18H17NO4S/c1-11-16(20)19(14-5-3-4-13(10-14)18(21)22)17(24-11)12-6-8-15(23-2)9-7-12/h3-11,17H,1-2H3,(H,21,22)/t11-,17-/m1/s1. The second-order valence-electron chi connectivity index (χ2n) is 5.47. The van der Waals surface area contributed by atoms with E-state index in [4.69, 9.17) is 4.74 Å². The van der Waals surface area contributed by atoms with E-state index in [2.05, 4.69) is 0 Å². The molecule has 1 aliphatic heterocycles. The highest BCUT2D eigenvalue weighted by Crippen LogP contribution is 2.45. The summed E-state index contributed by atoms with van der Waals surface area (Å²) in [5.74, 6) is -0.283. The van der Waals surface area contributed by atoms with Crippen molar-refractivity contribution in [3.8, 4) is 5.75 Å². The van der Waals surface area contributed by atoms with Gasteiger partial charge in [0.15, 0.2) is 0 Å². The molecule has 0 bridgehead atoms. The Labute approximate surface area is 144 Å². The minimum atomic E-state index is -1.01. The van der Waals surface area contributed by atoms with Crippen molar-refractivity contribution in [2.24, 2.45) is 0 Å². The molecule has 2 atom stereocenters. The van der Waals surface area contributed by atoms with E-state index in [0.29, 0.717) is 5.69 Å². The monoisotopic (exact) mass is 343 g/mol. The summed E-state index contributed by atoms with van der Waals surface area (Å²) >= 11 is 1.55. The van der Waals surface area contributed by atoms with Crippen LogP contribution in [0.5, 0.6) is 5.75 Å². The lowest BCUT2D eigenvalue weighted by Crippen LogP contribution is -2.30. The minimum Gasteiger partial charge on any atom is -0.497 e. The number of carboxylic acid groups (broad SMARTS) is 1. The van der Waals surface area contributed by atoms with Gasteiger partial charge in [-0.15, -0.1) is 11.8 Å². The van der Waals surface area contributed by atoms with E-state index < -0.39 is 5.97 Å². The molecule has 1 fully saturated rings. The van der Waals surface area contributed by atoms with Gasteiger partial charge in [0.25, 0.3) is 0 Å². The fourth-order valence-electron chi connectivity index (χ4n) is 2.67. The number of amides is 1. The maximum Gasteiger partial charge on any atom is 0.335 e. The van der Waals surface area contributed by atoms with Crippen molar-refractivity contribution >= 4 is 29.3 Å². The van der Waals surface area contributed by atoms with Crippen molar-refractivity contribution in [1.29, 1.82) is 0 Å². The summed E-state index contributed by atoms with van der Waals surface area (Å²) in [5.41, 5.74) is 1.73. The topological polar surface area (TPSA) is 66.8 Å². The molecule has 2 aromatic rings. The molecule has 0 unspecified atom stereocenters. The van der Waals surface area contributed by atoms with E-state index >= 15 is 0 Å². The molecule has 1 amide bonds. The summed E-state index contributed by atoms with van der Waals surface area (Å²) in [6.07, 6.45) is 0. The van der Waals surface area contributed by atoms with Gasteiger partial charge >= 0.3 is 5.97 Å². The molecule has 3 rings (SSSR count). The third kappa shape index (κ3) is 2.97. The van der Waals surface area contributed by atoms with E-state index in [0.717, 1.165) is 11.3 Å². The normalized spacial score (nSPS) is 20.2. The zero-order chi connectivity index (χ0) is 17.3. The van der Waals surface area contributed by atoms with Crippen molar-refractivity contribution in [3.05, 3.63) is 59.7 Å². The van der Waals surface area contributed by atoms with E-state index in [1.807, 2.05) is 31.2 Å². The molecule has 0 aliphatic carbocycles. The zero-order valence-electron chi connectivity index (χ0n) is 13.3. The fourth-order valence-corrected chi connectivity index (χ4v) is 3.95. The number of hydrogen-bond acceptors (Lipinski definition) is 4. The Morgan fingerprint density at radius 3 is 2.54 bits per heavy atom. The molecule has 0 aromatic heterocycles. The number of carboxylic acids is 1. The number of methoxy groups -OCH3 is 1. The summed E-state index contributed by atoms with van der Waals surface area (Å²) in [5, 5.41) is 8.81. The average molecular weight is 343 g/mol. The SMILES string of the molecule is COc1ccc([C@H]2S[C@H](C)C(=O)N2c2cccc(C(=O)O)c2)cc1. The average Bonchev–Trinajstić information content (AvgIpc) is 2.90. The Balaban J connectivity index is 2.00. The van der Waals surface area contributed by atoms with Gasteiger partial charge in [0.1, 0.15) is 11.1 Å². The summed E-state index contributed by atoms with van der Waals surface area (Å²) in [4.78, 5) is 25.5. The molecular weight excluding hydrogens is 326 g/mol. The highest BCUT2D eigenvalue weighted by Gasteiger charge is 2.39. The van der Waals surface area contributed by atoms with Gasteiger partial charge in [-0.3, -0.25) is 9.69 Å². The molecule has 2 aromatic carbocycles. The Bertz CT molecular complexity index is 775. The van der Waals surface area contributed by atoms with Crippen LogP contribution in [-0.2, 0) is 4.79 Å². The van der Waals surface area contributed by atoms with Gasteiger partial charge in [0, 0.05) is 5.69 Å². The number of ether oxygens (including phenoxy) is 1. The third-order valence-corrected chi connectivity index (χ3v) is 5.28. The molecule has 1 aliphatic rings. The maximum absolute atomic E-state index is 12.6. The largest absolute Gasteiger partial charge is 0.497 e. The number of thioether (sulfide) groups is 1. The summed E-state index contributed by atoms with van der Waals surface area (Å²) in [7, 11) is 1.61. The van der Waals surface area contributed by atoms with Crippen LogP contribution in [0, 0.1) is 0 Å². The molecule has 0 saturated carbocycles. The summed E-state index contributed by atoms with van der Waals surface area (Å²) in [6, 6.07) is 14.0. The van der Waals surface area contributed by atoms with Gasteiger partial charge in [-0.1, -0.05) is 18.2 Å². The van der Waals surface area contributed by atoms with Crippen LogP contribution in [0.2, 0.25) is 0 Å². The van der Waals surface area contributed by atoms with E-state index in [1.54, 1.807) is 35.9 Å². The molecule has 1 heterocycles. The van der Waals surface area contributed by atoms with Crippen LogP contribution in [0.25, 0.3) is 0 Å². The van der Waals surface area contributed by atoms with Crippen LogP contribution in [0.4, 0.5) is 5.69 Å². The molecule has 0 radical (unpaired) electrons. The number of carbonyl (C=O) groups excluding carboxylic acids is 1. The van der Waals surface area contributed by atoms with Crippen LogP contribution >= 0.6 is 11.8 Å². The molecule has 124 valence electrons. The molecule has 1 N–H and O–H groups in total. The predicted octanol–water partition coefficient (Wildman–Crippen LogP) is 3.56. The van der Waals surface area contributed by atoms with E-state index in [1.165, 1.54) is 12.1 Å². The number of hydrogen-bond donors (Lipinski definition) is 1. The van der Waals surface area contributed by atoms with E-state index in [9.17, 15) is 14.7 Å². The number of rotatable bonds is 4. The predicted molar refractivity (Wildman–Crippen MR) is 93.7 cm³/mol. The van der Waals surface area contributed by atoms with Gasteiger partial charge in [0.2, 0.25) is 5.91 Å². The van der Waals surface area contributed by atoms with Crippen LogP contribution in [0.15, 0.2) is 48.5 Å². The van der Waals surface area contributed by atoms with Gasteiger partial charge in [0.05, 0.1) is 17.9 Å². The van der Waals surface area contributed by atoms with Gasteiger partial charge in [-0.2, -0.15) is 0 Å². The first kappa shape index (κ1) is 16.4. The van der Waals surface area contributed by atoms with Crippen molar-refractivity contribution in [2.75, 3.05) is 12.0 Å². The van der Waals surface area contributed by atoms with Crippen LogP contribution in [0.1, 0.15) is 28.2 Å². The number of nitrogens with zero attached hydrogens (tertiary/aromatic N) is 1. The second-order valence-corrected chi connectivity index (χ2v) is 6.89. The first-order chi connectivity index (χ1) is 11.5. The Hall–Kier alpha value is -2.47. The van der Waals surface area contributed by atoms with Gasteiger partial charge in [-0.05, 0) is 42.8 Å². The van der Waals surface area contributed by atoms with Crippen molar-refractivity contribution < 1.29 is 19.4 Å². The molecule has 0 spiro atoms. The lowest BCUT2D eigenvalue weighted by atomic mass is 10.1. The third-order valence-electron chi connectivity index (χ3n) is 3.92. The van der Waals surface area contributed by atoms with Crippen LogP contribution in [-0.4, -0.2) is 29.3 Å². The smallest absolute Gasteiger partial charge is 0.335 e. The fraction of sp³-hybridized carbons (Fsp3) is 0.222. The highest BCUT2D eigenvalue weighted by atomic mass is 32.2. The molecule has 6 heteroatoms. The number of anilines is 1. The van der Waals surface area contributed by atoms with Gasteiger partial charge < -0.3 is 9.84 Å².